The van der Waals surface area contributed by atoms with Gasteiger partial charge in [0, 0.05) is 10.7 Å². The number of aryl methyl sites for hydroxylation is 1. The van der Waals surface area contributed by atoms with Crippen LogP contribution in [0.1, 0.15) is 19.4 Å². The molecule has 0 unspecified atom stereocenters. The van der Waals surface area contributed by atoms with E-state index in [-0.39, 0.29) is 4.90 Å². The summed E-state index contributed by atoms with van der Waals surface area (Å²) >= 11 is 5.89. The number of carbonyl (C=O) groups is 1. The van der Waals surface area contributed by atoms with Crippen molar-refractivity contribution in [3.05, 3.63) is 53.1 Å². The highest BCUT2D eigenvalue weighted by Crippen LogP contribution is 2.20. The van der Waals surface area contributed by atoms with Crippen LogP contribution in [0.3, 0.4) is 0 Å². The normalized spacial score (nSPS) is 12.5. The summed E-state index contributed by atoms with van der Waals surface area (Å²) in [6.45, 7) is 5.61. The summed E-state index contributed by atoms with van der Waals surface area (Å²) in [7, 11) is -3.83. The molecule has 0 bridgehead atoms. The zero-order chi connectivity index (χ0) is 19.3. The third-order valence-electron chi connectivity index (χ3n) is 3.62. The number of carbonyl (C=O) groups excluding carboxylic acids is 1. The van der Waals surface area contributed by atoms with Crippen LogP contribution in [0.25, 0.3) is 0 Å². The number of ether oxygens (including phenoxy) is 1. The minimum Gasteiger partial charge on any atom is -0.494 e. The van der Waals surface area contributed by atoms with Gasteiger partial charge < -0.3 is 10.1 Å². The highest BCUT2D eigenvalue weighted by Gasteiger charge is 2.22. The molecule has 8 heteroatoms. The van der Waals surface area contributed by atoms with Gasteiger partial charge in [-0.15, -0.1) is 0 Å². The molecule has 0 saturated carbocycles. The van der Waals surface area contributed by atoms with Gasteiger partial charge in [0.15, 0.2) is 0 Å². The molecule has 140 valence electrons. The summed E-state index contributed by atoms with van der Waals surface area (Å²) in [5, 5.41) is 3.25. The minimum atomic E-state index is -3.83. The van der Waals surface area contributed by atoms with Gasteiger partial charge in [-0.05, 0) is 68.8 Å². The fourth-order valence-electron chi connectivity index (χ4n) is 2.24. The maximum absolute atomic E-state index is 12.4. The molecule has 1 amide bonds. The molecule has 2 N–H and O–H groups in total. The van der Waals surface area contributed by atoms with E-state index in [0.29, 0.717) is 23.1 Å². The van der Waals surface area contributed by atoms with Crippen molar-refractivity contribution in [1.29, 1.82) is 0 Å². The lowest BCUT2D eigenvalue weighted by Crippen LogP contribution is -2.41. The highest BCUT2D eigenvalue weighted by molar-refractivity contribution is 7.89. The molecule has 0 aliphatic rings. The Morgan fingerprint density at radius 2 is 1.85 bits per heavy atom. The van der Waals surface area contributed by atoms with Crippen LogP contribution in [0.4, 0.5) is 5.69 Å². The third-order valence-corrected chi connectivity index (χ3v) is 5.41. The number of hydrogen-bond donors (Lipinski definition) is 2. The standard InChI is InChI=1S/C18H21ClN2O4S/c1-4-25-15-6-8-16(9-7-15)26(23,24)21-13(3)18(22)20-17-10-5-14(19)11-12(17)2/h5-11,13,21H,4H2,1-3H3,(H,20,22)/t13-/m1/s1. The Balaban J connectivity index is 2.06. The van der Waals surface area contributed by atoms with Crippen LogP contribution < -0.4 is 14.8 Å². The van der Waals surface area contributed by atoms with Gasteiger partial charge in [0.1, 0.15) is 5.75 Å². The molecule has 0 aromatic heterocycles. The van der Waals surface area contributed by atoms with Crippen molar-refractivity contribution in [2.45, 2.75) is 31.7 Å². The zero-order valence-electron chi connectivity index (χ0n) is 14.7. The fraction of sp³-hybridized carbons (Fsp3) is 0.278. The SMILES string of the molecule is CCOc1ccc(S(=O)(=O)N[C@H](C)C(=O)Nc2ccc(Cl)cc2C)cc1. The summed E-state index contributed by atoms with van der Waals surface area (Å²) in [5.41, 5.74) is 1.36. The second-order valence-corrected chi connectivity index (χ2v) is 7.85. The number of benzene rings is 2. The van der Waals surface area contributed by atoms with Crippen molar-refractivity contribution in [2.24, 2.45) is 0 Å². The van der Waals surface area contributed by atoms with Gasteiger partial charge >= 0.3 is 0 Å². The highest BCUT2D eigenvalue weighted by atomic mass is 35.5. The van der Waals surface area contributed by atoms with E-state index < -0.39 is 22.0 Å². The molecule has 0 spiro atoms. The van der Waals surface area contributed by atoms with Crippen molar-refractivity contribution in [1.82, 2.24) is 4.72 Å². The number of nitrogens with one attached hydrogen (secondary N) is 2. The Kier molecular flexibility index (Phi) is 6.63. The van der Waals surface area contributed by atoms with Gasteiger partial charge in [0.25, 0.3) is 0 Å². The Morgan fingerprint density at radius 1 is 1.19 bits per heavy atom. The first kappa shape index (κ1) is 20.2. The van der Waals surface area contributed by atoms with Gasteiger partial charge in [-0.2, -0.15) is 4.72 Å². The lowest BCUT2D eigenvalue weighted by atomic mass is 10.2. The number of sulfonamides is 1. The molecule has 2 aromatic rings. The van der Waals surface area contributed by atoms with Gasteiger partial charge in [0.05, 0.1) is 17.5 Å². The minimum absolute atomic E-state index is 0.0586. The average Bonchev–Trinajstić information content (AvgIpc) is 2.57. The van der Waals surface area contributed by atoms with Crippen LogP contribution in [-0.4, -0.2) is 27.0 Å². The van der Waals surface area contributed by atoms with E-state index in [1.54, 1.807) is 37.3 Å². The molecule has 0 saturated heterocycles. The van der Waals surface area contributed by atoms with E-state index in [1.165, 1.54) is 19.1 Å². The van der Waals surface area contributed by atoms with E-state index in [2.05, 4.69) is 10.0 Å². The monoisotopic (exact) mass is 396 g/mol. The number of hydrogen-bond acceptors (Lipinski definition) is 4. The Labute approximate surface area is 158 Å². The molecule has 2 rings (SSSR count). The van der Waals surface area contributed by atoms with Crippen molar-refractivity contribution in [2.75, 3.05) is 11.9 Å². The molecule has 1 atom stereocenters. The van der Waals surface area contributed by atoms with Crippen LogP contribution in [-0.2, 0) is 14.8 Å². The zero-order valence-corrected chi connectivity index (χ0v) is 16.3. The molecule has 0 radical (unpaired) electrons. The lowest BCUT2D eigenvalue weighted by Gasteiger charge is -2.16. The largest absolute Gasteiger partial charge is 0.494 e. The number of anilines is 1. The van der Waals surface area contributed by atoms with Crippen LogP contribution >= 0.6 is 11.6 Å². The maximum Gasteiger partial charge on any atom is 0.242 e. The Hall–Kier alpha value is -2.09. The Bertz CT molecular complexity index is 883. The second kappa shape index (κ2) is 8.53. The first-order valence-corrected chi connectivity index (χ1v) is 9.91. The van der Waals surface area contributed by atoms with Crippen LogP contribution in [0.2, 0.25) is 5.02 Å². The summed E-state index contributed by atoms with van der Waals surface area (Å²) in [5.74, 6) is 0.111. The quantitative estimate of drug-likeness (QED) is 0.751. The fourth-order valence-corrected chi connectivity index (χ4v) is 3.67. The Morgan fingerprint density at radius 3 is 2.42 bits per heavy atom. The summed E-state index contributed by atoms with van der Waals surface area (Å²) in [6, 6.07) is 10.1. The second-order valence-electron chi connectivity index (χ2n) is 5.70. The van der Waals surface area contributed by atoms with Crippen LogP contribution in [0.5, 0.6) is 5.75 Å². The van der Waals surface area contributed by atoms with Crippen molar-refractivity contribution >= 4 is 33.2 Å². The maximum atomic E-state index is 12.4. The first-order valence-electron chi connectivity index (χ1n) is 8.05. The van der Waals surface area contributed by atoms with E-state index in [1.807, 2.05) is 6.92 Å². The summed E-state index contributed by atoms with van der Waals surface area (Å²) in [4.78, 5) is 12.4. The molecule has 26 heavy (non-hydrogen) atoms. The number of halogens is 1. The van der Waals surface area contributed by atoms with E-state index >= 15 is 0 Å². The molecule has 2 aromatic carbocycles. The average molecular weight is 397 g/mol. The van der Waals surface area contributed by atoms with Gasteiger partial charge in [-0.25, -0.2) is 8.42 Å². The molecule has 0 heterocycles. The first-order chi connectivity index (χ1) is 12.2. The summed E-state index contributed by atoms with van der Waals surface area (Å²) < 4.78 is 32.5. The lowest BCUT2D eigenvalue weighted by molar-refractivity contribution is -0.117. The molecular weight excluding hydrogens is 376 g/mol. The smallest absolute Gasteiger partial charge is 0.242 e. The number of rotatable bonds is 7. The van der Waals surface area contributed by atoms with Crippen molar-refractivity contribution < 1.29 is 17.9 Å². The van der Waals surface area contributed by atoms with E-state index in [0.717, 1.165) is 5.56 Å². The van der Waals surface area contributed by atoms with E-state index in [9.17, 15) is 13.2 Å². The molecule has 0 fully saturated rings. The van der Waals surface area contributed by atoms with Gasteiger partial charge in [-0.3, -0.25) is 4.79 Å². The molecule has 0 aliphatic heterocycles. The summed E-state index contributed by atoms with van der Waals surface area (Å²) in [6.07, 6.45) is 0. The molecular formula is C18H21ClN2O4S. The van der Waals surface area contributed by atoms with Gasteiger partial charge in [0.2, 0.25) is 15.9 Å². The topological polar surface area (TPSA) is 84.5 Å². The predicted molar refractivity (Wildman–Crippen MR) is 102 cm³/mol. The molecule has 6 nitrogen and oxygen atoms in total. The molecule has 0 aliphatic carbocycles. The van der Waals surface area contributed by atoms with E-state index in [4.69, 9.17) is 16.3 Å². The predicted octanol–water partition coefficient (Wildman–Crippen LogP) is 3.35. The number of amides is 1. The third kappa shape index (κ3) is 5.20. The van der Waals surface area contributed by atoms with Crippen LogP contribution in [0, 0.1) is 6.92 Å². The van der Waals surface area contributed by atoms with Crippen molar-refractivity contribution in [3.8, 4) is 5.75 Å². The van der Waals surface area contributed by atoms with Crippen molar-refractivity contribution in [3.63, 3.8) is 0 Å². The van der Waals surface area contributed by atoms with Gasteiger partial charge in [-0.1, -0.05) is 11.6 Å². The van der Waals surface area contributed by atoms with Crippen LogP contribution in [0.15, 0.2) is 47.4 Å².